The second-order valence-corrected chi connectivity index (χ2v) is 7.83. The summed E-state index contributed by atoms with van der Waals surface area (Å²) in [7, 11) is 0. The van der Waals surface area contributed by atoms with Crippen molar-refractivity contribution in [3.63, 3.8) is 0 Å². The summed E-state index contributed by atoms with van der Waals surface area (Å²) in [5.74, 6) is 0.710. The maximum Gasteiger partial charge on any atom is 0.0227 e. The van der Waals surface area contributed by atoms with E-state index in [1.54, 1.807) is 0 Å². The summed E-state index contributed by atoms with van der Waals surface area (Å²) in [5, 5.41) is 4.57. The van der Waals surface area contributed by atoms with Crippen molar-refractivity contribution in [2.24, 2.45) is 11.3 Å². The fourth-order valence-electron chi connectivity index (χ4n) is 4.30. The first kappa shape index (κ1) is 17.6. The standard InChI is InChI=1S/C22H28NS/c1-22(19-13-16-23-17-14-19,20-11-5-6-12-21(20)24)15-7-10-18-8-3-2-4-9-18/h2-6,8-9,11,19H,7,10,12-17H2,1H3. The average Bonchev–Trinajstić information content (AvgIpc) is 2.63. The zero-order valence-electron chi connectivity index (χ0n) is 14.7. The molecule has 0 aromatic heterocycles. The third-order valence-electron chi connectivity index (χ3n) is 5.79. The van der Waals surface area contributed by atoms with E-state index in [0.717, 1.165) is 30.8 Å². The van der Waals surface area contributed by atoms with Crippen LogP contribution in [0.2, 0.25) is 0 Å². The van der Waals surface area contributed by atoms with Gasteiger partial charge in [-0.2, -0.15) is 0 Å². The van der Waals surface area contributed by atoms with Gasteiger partial charge >= 0.3 is 0 Å². The highest BCUT2D eigenvalue weighted by Crippen LogP contribution is 2.46. The van der Waals surface area contributed by atoms with E-state index in [0.29, 0.717) is 5.92 Å². The first-order chi connectivity index (χ1) is 11.7. The van der Waals surface area contributed by atoms with Crippen LogP contribution < -0.4 is 5.32 Å². The van der Waals surface area contributed by atoms with E-state index in [4.69, 9.17) is 12.2 Å². The molecule has 0 N–H and O–H groups in total. The topological polar surface area (TPSA) is 14.1 Å². The summed E-state index contributed by atoms with van der Waals surface area (Å²) in [5.41, 5.74) is 3.07. The van der Waals surface area contributed by atoms with Gasteiger partial charge in [0.15, 0.2) is 0 Å². The van der Waals surface area contributed by atoms with Crippen LogP contribution in [0.15, 0.2) is 54.1 Å². The molecule has 1 saturated heterocycles. The molecular weight excluding hydrogens is 310 g/mol. The van der Waals surface area contributed by atoms with E-state index in [1.807, 2.05) is 0 Å². The molecule has 0 saturated carbocycles. The highest BCUT2D eigenvalue weighted by Gasteiger charge is 2.39. The summed E-state index contributed by atoms with van der Waals surface area (Å²) in [6.07, 6.45) is 13.6. The van der Waals surface area contributed by atoms with E-state index >= 15 is 0 Å². The molecule has 127 valence electrons. The Bertz CT molecular complexity index is 610. The van der Waals surface area contributed by atoms with Crippen molar-refractivity contribution in [1.82, 2.24) is 5.32 Å². The molecule has 0 amide bonds. The van der Waals surface area contributed by atoms with Crippen LogP contribution in [0.1, 0.15) is 44.6 Å². The zero-order valence-corrected chi connectivity index (χ0v) is 15.5. The van der Waals surface area contributed by atoms with E-state index in [-0.39, 0.29) is 5.41 Å². The summed E-state index contributed by atoms with van der Waals surface area (Å²) in [4.78, 5) is 1.15. The van der Waals surface area contributed by atoms with E-state index in [1.165, 1.54) is 36.8 Å². The quantitative estimate of drug-likeness (QED) is 0.643. The Morgan fingerprint density at radius 3 is 2.62 bits per heavy atom. The fraction of sp³-hybridized carbons (Fsp3) is 0.500. The molecule has 24 heavy (non-hydrogen) atoms. The summed E-state index contributed by atoms with van der Waals surface area (Å²) < 4.78 is 0. The van der Waals surface area contributed by atoms with Gasteiger partial charge in [-0.15, -0.1) is 0 Å². The Morgan fingerprint density at radius 2 is 1.92 bits per heavy atom. The molecule has 1 aromatic rings. The number of allylic oxidation sites excluding steroid dienone is 4. The maximum absolute atomic E-state index is 5.75. The van der Waals surface area contributed by atoms with E-state index in [9.17, 15) is 0 Å². The molecule has 1 unspecified atom stereocenters. The number of piperidine rings is 1. The summed E-state index contributed by atoms with van der Waals surface area (Å²) in [6.45, 7) is 4.51. The average molecular weight is 339 g/mol. The summed E-state index contributed by atoms with van der Waals surface area (Å²) >= 11 is 5.75. The highest BCUT2D eigenvalue weighted by atomic mass is 32.1. The molecule has 1 aromatic carbocycles. The van der Waals surface area contributed by atoms with Crippen LogP contribution in [0.25, 0.3) is 0 Å². The van der Waals surface area contributed by atoms with Gasteiger partial charge in [0.05, 0.1) is 0 Å². The van der Waals surface area contributed by atoms with Crippen LogP contribution in [0.3, 0.4) is 0 Å². The molecule has 1 atom stereocenters. The molecular formula is C22H28NS. The van der Waals surface area contributed by atoms with E-state index in [2.05, 4.69) is 60.8 Å². The van der Waals surface area contributed by atoms with Crippen molar-refractivity contribution in [3.8, 4) is 0 Å². The second kappa shape index (κ2) is 8.22. The Balaban J connectivity index is 1.75. The lowest BCUT2D eigenvalue weighted by Crippen LogP contribution is -2.38. The van der Waals surface area contributed by atoms with Gasteiger partial charge in [-0.05, 0) is 54.6 Å². The molecule has 1 aliphatic heterocycles. The van der Waals surface area contributed by atoms with Gasteiger partial charge in [0, 0.05) is 24.4 Å². The van der Waals surface area contributed by atoms with Gasteiger partial charge in [-0.25, -0.2) is 5.32 Å². The molecule has 2 aliphatic rings. The number of aryl methyl sites for hydroxylation is 1. The van der Waals surface area contributed by atoms with Gasteiger partial charge < -0.3 is 0 Å². The van der Waals surface area contributed by atoms with Gasteiger partial charge in [0.25, 0.3) is 0 Å². The normalized spacial score (nSPS) is 21.4. The van der Waals surface area contributed by atoms with Crippen molar-refractivity contribution in [2.75, 3.05) is 13.1 Å². The second-order valence-electron chi connectivity index (χ2n) is 7.34. The SMILES string of the molecule is CC(CCCc1ccccc1)(C1=CC=CCC1=S)C1CC[N]CC1. The lowest BCUT2D eigenvalue weighted by atomic mass is 9.63. The number of benzene rings is 1. The molecule has 1 nitrogen and oxygen atoms in total. The molecule has 3 rings (SSSR count). The number of nitrogens with zero attached hydrogens (tertiary/aromatic N) is 1. The monoisotopic (exact) mass is 338 g/mol. The van der Waals surface area contributed by atoms with Crippen LogP contribution in [0, 0.1) is 11.3 Å². The minimum Gasteiger partial charge on any atom is -0.242 e. The Kier molecular flexibility index (Phi) is 6.02. The fourth-order valence-corrected chi connectivity index (χ4v) is 4.70. The zero-order chi connectivity index (χ0) is 16.8. The summed E-state index contributed by atoms with van der Waals surface area (Å²) in [6, 6.07) is 10.9. The molecule has 0 spiro atoms. The van der Waals surface area contributed by atoms with Gasteiger partial charge in [0.2, 0.25) is 0 Å². The molecule has 2 heteroatoms. The third-order valence-corrected chi connectivity index (χ3v) is 6.18. The molecule has 0 bridgehead atoms. The van der Waals surface area contributed by atoms with Gasteiger partial charge in [-0.3, -0.25) is 0 Å². The van der Waals surface area contributed by atoms with Crippen LogP contribution in [-0.2, 0) is 6.42 Å². The first-order valence-corrected chi connectivity index (χ1v) is 9.68. The van der Waals surface area contributed by atoms with Crippen molar-refractivity contribution in [3.05, 3.63) is 59.7 Å². The Hall–Kier alpha value is -1.25. The van der Waals surface area contributed by atoms with Crippen molar-refractivity contribution >= 4 is 17.1 Å². The Morgan fingerprint density at radius 1 is 1.17 bits per heavy atom. The number of rotatable bonds is 6. The van der Waals surface area contributed by atoms with Crippen molar-refractivity contribution in [1.29, 1.82) is 0 Å². The van der Waals surface area contributed by atoms with Crippen LogP contribution in [0.5, 0.6) is 0 Å². The van der Waals surface area contributed by atoms with Gasteiger partial charge in [-0.1, -0.05) is 67.7 Å². The van der Waals surface area contributed by atoms with Crippen LogP contribution in [0.4, 0.5) is 0 Å². The van der Waals surface area contributed by atoms with Crippen molar-refractivity contribution in [2.45, 2.75) is 45.4 Å². The minimum atomic E-state index is 0.201. The minimum absolute atomic E-state index is 0.201. The number of thiocarbonyl (C=S) groups is 1. The first-order valence-electron chi connectivity index (χ1n) is 9.28. The highest BCUT2D eigenvalue weighted by molar-refractivity contribution is 7.80. The molecule has 1 heterocycles. The van der Waals surface area contributed by atoms with Crippen molar-refractivity contribution < 1.29 is 0 Å². The maximum atomic E-state index is 5.75. The third kappa shape index (κ3) is 4.04. The van der Waals surface area contributed by atoms with Gasteiger partial charge in [0.1, 0.15) is 0 Å². The Labute approximate surface area is 152 Å². The lowest BCUT2D eigenvalue weighted by molar-refractivity contribution is 0.174. The van der Waals surface area contributed by atoms with E-state index < -0.39 is 0 Å². The number of hydrogen-bond acceptors (Lipinski definition) is 1. The predicted molar refractivity (Wildman–Crippen MR) is 107 cm³/mol. The van der Waals surface area contributed by atoms with Crippen LogP contribution in [-0.4, -0.2) is 18.0 Å². The largest absolute Gasteiger partial charge is 0.242 e. The smallest absolute Gasteiger partial charge is 0.0227 e. The molecule has 1 fully saturated rings. The number of hydrogen-bond donors (Lipinski definition) is 0. The predicted octanol–water partition coefficient (Wildman–Crippen LogP) is 5.29. The van der Waals surface area contributed by atoms with Crippen LogP contribution >= 0.6 is 12.2 Å². The molecule has 1 radical (unpaired) electrons. The molecule has 1 aliphatic carbocycles. The lowest BCUT2D eigenvalue weighted by Gasteiger charge is -2.43.